The molecule has 1 aromatic carbocycles. The van der Waals surface area contributed by atoms with Gasteiger partial charge in [0, 0.05) is 28.6 Å². The van der Waals surface area contributed by atoms with E-state index in [1.165, 1.54) is 6.42 Å². The lowest BCUT2D eigenvalue weighted by Gasteiger charge is -2.26. The van der Waals surface area contributed by atoms with Crippen molar-refractivity contribution in [2.45, 2.75) is 26.2 Å². The van der Waals surface area contributed by atoms with Crippen LogP contribution in [0.2, 0.25) is 0 Å². The monoisotopic (exact) mass is 426 g/mol. The summed E-state index contributed by atoms with van der Waals surface area (Å²) in [5.74, 6) is 0.484. The van der Waals surface area contributed by atoms with Crippen molar-refractivity contribution in [3.63, 3.8) is 0 Å². The zero-order valence-corrected chi connectivity index (χ0v) is 15.4. The Labute approximate surface area is 146 Å². The van der Waals surface area contributed by atoms with Crippen LogP contribution in [-0.4, -0.2) is 29.1 Å². The van der Waals surface area contributed by atoms with Gasteiger partial charge in [-0.25, -0.2) is 9.78 Å². The Balaban J connectivity index is 1.99. The van der Waals surface area contributed by atoms with Gasteiger partial charge in [0.2, 0.25) is 0 Å². The maximum absolute atomic E-state index is 12.4. The Bertz CT molecular complexity index is 728. The third kappa shape index (κ3) is 3.13. The van der Waals surface area contributed by atoms with Crippen LogP contribution in [-0.2, 0) is 0 Å². The second kappa shape index (κ2) is 6.54. The van der Waals surface area contributed by atoms with Crippen LogP contribution in [0.1, 0.15) is 25.0 Å². The van der Waals surface area contributed by atoms with E-state index in [2.05, 4.69) is 36.8 Å². The lowest BCUT2D eigenvalue weighted by atomic mass is 10.1. The van der Waals surface area contributed by atoms with E-state index in [4.69, 9.17) is 4.74 Å². The molecule has 1 aliphatic heterocycles. The van der Waals surface area contributed by atoms with Gasteiger partial charge in [-0.05, 0) is 60.3 Å². The molecule has 1 aliphatic rings. The molecule has 1 saturated heterocycles. The number of nitrogens with zero attached hydrogens (tertiary/aromatic N) is 2. The number of carbonyl (C=O) groups excluding carboxylic acids is 1. The number of rotatable bonds is 1. The zero-order chi connectivity index (χ0) is 15.7. The standard InChI is InChI=1S/C16H16Br2N2O2/c1-10-5-6-11-12(17)9-13(18)15(14(11)19-10)22-16(21)20-7-3-2-4-8-20/h5-6,9H,2-4,7-8H2,1H3. The topological polar surface area (TPSA) is 42.4 Å². The van der Waals surface area contributed by atoms with Crippen molar-refractivity contribution in [2.24, 2.45) is 0 Å². The highest BCUT2D eigenvalue weighted by molar-refractivity contribution is 9.11. The maximum atomic E-state index is 12.4. The van der Waals surface area contributed by atoms with Crippen LogP contribution in [0.4, 0.5) is 4.79 Å². The average Bonchev–Trinajstić information content (AvgIpc) is 2.51. The molecule has 2 heterocycles. The van der Waals surface area contributed by atoms with Gasteiger partial charge in [-0.15, -0.1) is 0 Å². The largest absolute Gasteiger partial charge is 0.415 e. The van der Waals surface area contributed by atoms with E-state index >= 15 is 0 Å². The van der Waals surface area contributed by atoms with Crippen LogP contribution in [0.15, 0.2) is 27.1 Å². The number of hydrogen-bond acceptors (Lipinski definition) is 3. The minimum absolute atomic E-state index is 0.299. The number of hydrogen-bond donors (Lipinski definition) is 0. The molecule has 0 aliphatic carbocycles. The smallest absolute Gasteiger partial charge is 0.407 e. The second-order valence-electron chi connectivity index (χ2n) is 5.43. The zero-order valence-electron chi connectivity index (χ0n) is 12.2. The van der Waals surface area contributed by atoms with Crippen LogP contribution in [0.5, 0.6) is 5.75 Å². The van der Waals surface area contributed by atoms with Gasteiger partial charge in [0.05, 0.1) is 4.47 Å². The van der Waals surface area contributed by atoms with Crippen LogP contribution >= 0.6 is 31.9 Å². The van der Waals surface area contributed by atoms with E-state index in [1.807, 2.05) is 25.1 Å². The van der Waals surface area contributed by atoms with Crippen molar-refractivity contribution in [3.05, 3.63) is 32.8 Å². The van der Waals surface area contributed by atoms with Crippen molar-refractivity contribution < 1.29 is 9.53 Å². The predicted molar refractivity (Wildman–Crippen MR) is 93.3 cm³/mol. The number of likely N-dealkylation sites (tertiary alicyclic amines) is 1. The summed E-state index contributed by atoms with van der Waals surface area (Å²) in [5, 5.41) is 0.926. The molecule has 1 amide bonds. The van der Waals surface area contributed by atoms with Gasteiger partial charge in [-0.1, -0.05) is 15.9 Å². The van der Waals surface area contributed by atoms with Gasteiger partial charge in [-0.2, -0.15) is 0 Å². The van der Waals surface area contributed by atoms with Crippen LogP contribution in [0.3, 0.4) is 0 Å². The minimum atomic E-state index is -0.299. The molecule has 0 radical (unpaired) electrons. The molecule has 0 saturated carbocycles. The van der Waals surface area contributed by atoms with Crippen LogP contribution in [0, 0.1) is 6.92 Å². The fraction of sp³-hybridized carbons (Fsp3) is 0.375. The van der Waals surface area contributed by atoms with E-state index in [-0.39, 0.29) is 6.09 Å². The van der Waals surface area contributed by atoms with Crippen LogP contribution in [0.25, 0.3) is 10.9 Å². The number of benzene rings is 1. The number of carbonyl (C=O) groups is 1. The van der Waals surface area contributed by atoms with Crippen molar-refractivity contribution in [1.82, 2.24) is 9.88 Å². The summed E-state index contributed by atoms with van der Waals surface area (Å²) in [4.78, 5) is 18.7. The number of pyridine rings is 1. The maximum Gasteiger partial charge on any atom is 0.415 e. The number of piperidine rings is 1. The van der Waals surface area contributed by atoms with E-state index < -0.39 is 0 Å². The van der Waals surface area contributed by atoms with Gasteiger partial charge in [0.15, 0.2) is 5.75 Å². The Morgan fingerprint density at radius 3 is 2.64 bits per heavy atom. The Morgan fingerprint density at radius 2 is 1.91 bits per heavy atom. The minimum Gasteiger partial charge on any atom is -0.407 e. The predicted octanol–water partition coefficient (Wildman–Crippen LogP) is 5.05. The number of halogens is 2. The van der Waals surface area contributed by atoms with E-state index in [0.29, 0.717) is 11.3 Å². The van der Waals surface area contributed by atoms with Crippen LogP contribution < -0.4 is 4.74 Å². The summed E-state index contributed by atoms with van der Waals surface area (Å²) in [7, 11) is 0. The average molecular weight is 428 g/mol. The summed E-state index contributed by atoms with van der Waals surface area (Å²) in [6, 6.07) is 5.81. The molecule has 22 heavy (non-hydrogen) atoms. The number of amides is 1. The molecule has 1 aromatic heterocycles. The summed E-state index contributed by atoms with van der Waals surface area (Å²) < 4.78 is 7.30. The molecule has 0 N–H and O–H groups in total. The van der Waals surface area contributed by atoms with Gasteiger partial charge < -0.3 is 9.64 Å². The van der Waals surface area contributed by atoms with E-state index in [1.54, 1.807) is 4.90 Å². The van der Waals surface area contributed by atoms with Crippen molar-refractivity contribution >= 4 is 48.9 Å². The quantitative estimate of drug-likeness (QED) is 0.639. The van der Waals surface area contributed by atoms with Gasteiger partial charge >= 0.3 is 6.09 Å². The summed E-state index contributed by atoms with van der Waals surface area (Å²) in [6.45, 7) is 3.44. The molecule has 0 spiro atoms. The first-order valence-electron chi connectivity index (χ1n) is 7.28. The van der Waals surface area contributed by atoms with Crippen molar-refractivity contribution in [2.75, 3.05) is 13.1 Å². The normalized spacial score (nSPS) is 15.1. The van der Waals surface area contributed by atoms with E-state index in [0.717, 1.165) is 46.0 Å². The highest BCUT2D eigenvalue weighted by atomic mass is 79.9. The molecule has 3 rings (SSSR count). The fourth-order valence-electron chi connectivity index (χ4n) is 2.62. The van der Waals surface area contributed by atoms with Gasteiger partial charge in [-0.3, -0.25) is 0 Å². The van der Waals surface area contributed by atoms with E-state index in [9.17, 15) is 4.79 Å². The van der Waals surface area contributed by atoms with Crippen molar-refractivity contribution in [3.8, 4) is 5.75 Å². The molecule has 0 bridgehead atoms. The highest BCUT2D eigenvalue weighted by Crippen LogP contribution is 2.38. The first-order valence-corrected chi connectivity index (χ1v) is 8.87. The molecule has 1 fully saturated rings. The van der Waals surface area contributed by atoms with Gasteiger partial charge in [0.1, 0.15) is 5.52 Å². The Morgan fingerprint density at radius 1 is 1.18 bits per heavy atom. The molecule has 0 unspecified atom stereocenters. The molecule has 2 aromatic rings. The number of ether oxygens (including phenoxy) is 1. The highest BCUT2D eigenvalue weighted by Gasteiger charge is 2.21. The second-order valence-corrected chi connectivity index (χ2v) is 7.14. The third-order valence-electron chi connectivity index (χ3n) is 3.78. The first kappa shape index (κ1) is 15.7. The van der Waals surface area contributed by atoms with Crippen molar-refractivity contribution in [1.29, 1.82) is 0 Å². The SMILES string of the molecule is Cc1ccc2c(Br)cc(Br)c(OC(=O)N3CCCCC3)c2n1. The number of aromatic nitrogens is 1. The Kier molecular flexibility index (Phi) is 4.68. The molecule has 6 heteroatoms. The number of fused-ring (bicyclic) bond motifs is 1. The summed E-state index contributed by atoms with van der Waals surface area (Å²) in [6.07, 6.45) is 2.95. The Hall–Kier alpha value is -1.14. The third-order valence-corrected chi connectivity index (χ3v) is 5.03. The summed E-state index contributed by atoms with van der Waals surface area (Å²) in [5.41, 5.74) is 1.57. The molecular weight excluding hydrogens is 412 g/mol. The molecule has 116 valence electrons. The summed E-state index contributed by atoms with van der Waals surface area (Å²) >= 11 is 7.01. The van der Waals surface area contributed by atoms with Gasteiger partial charge in [0.25, 0.3) is 0 Å². The molecular formula is C16H16Br2N2O2. The molecule has 4 nitrogen and oxygen atoms in total. The number of aryl methyl sites for hydroxylation is 1. The lowest BCUT2D eigenvalue weighted by molar-refractivity contribution is 0.143. The first-order chi connectivity index (χ1) is 10.6. The fourth-order valence-corrected chi connectivity index (χ4v) is 3.97. The lowest BCUT2D eigenvalue weighted by Crippen LogP contribution is -2.37. The molecule has 0 atom stereocenters.